The molecule has 0 heterocycles. The first-order valence-electron chi connectivity index (χ1n) is 6.30. The highest BCUT2D eigenvalue weighted by molar-refractivity contribution is 5.78. The third-order valence-electron chi connectivity index (χ3n) is 2.74. The Morgan fingerprint density at radius 3 is 2.79 bits per heavy atom. The lowest BCUT2D eigenvalue weighted by atomic mass is 10.1. The van der Waals surface area contributed by atoms with Gasteiger partial charge in [-0.05, 0) is 31.5 Å². The minimum Gasteiger partial charge on any atom is -0.383 e. The van der Waals surface area contributed by atoms with Gasteiger partial charge in [-0.1, -0.05) is 12.1 Å². The van der Waals surface area contributed by atoms with Crippen LogP contribution in [0.4, 0.5) is 4.39 Å². The van der Waals surface area contributed by atoms with Gasteiger partial charge in [0.25, 0.3) is 0 Å². The van der Waals surface area contributed by atoms with Crippen LogP contribution in [-0.2, 0) is 9.53 Å². The van der Waals surface area contributed by atoms with Gasteiger partial charge in [0.05, 0.1) is 13.2 Å². The molecule has 0 aliphatic heterocycles. The van der Waals surface area contributed by atoms with E-state index >= 15 is 0 Å². The third kappa shape index (κ3) is 5.81. The van der Waals surface area contributed by atoms with E-state index in [1.54, 1.807) is 13.2 Å². The smallest absolute Gasteiger partial charge is 0.234 e. The Balaban J connectivity index is 2.37. The van der Waals surface area contributed by atoms with Crippen molar-refractivity contribution in [1.29, 1.82) is 0 Å². The van der Waals surface area contributed by atoms with Crippen LogP contribution in [-0.4, -0.2) is 32.2 Å². The van der Waals surface area contributed by atoms with Gasteiger partial charge >= 0.3 is 0 Å². The lowest BCUT2D eigenvalue weighted by Crippen LogP contribution is -2.41. The number of carbonyl (C=O) groups excluding carboxylic acids is 1. The summed E-state index contributed by atoms with van der Waals surface area (Å²) in [5, 5.41) is 5.85. The summed E-state index contributed by atoms with van der Waals surface area (Å²) in [4.78, 5) is 11.6. The number of carbonyl (C=O) groups is 1. The Labute approximate surface area is 113 Å². The molecule has 0 radical (unpaired) electrons. The number of methoxy groups -OCH3 is 1. The summed E-state index contributed by atoms with van der Waals surface area (Å²) < 4.78 is 18.0. The van der Waals surface area contributed by atoms with Crippen LogP contribution in [0.5, 0.6) is 0 Å². The SMILES string of the molecule is COCC(C)NC(=O)CNC(C)c1cccc(F)c1. The van der Waals surface area contributed by atoms with E-state index in [1.165, 1.54) is 12.1 Å². The molecule has 0 aromatic heterocycles. The fourth-order valence-electron chi connectivity index (χ4n) is 1.76. The molecule has 19 heavy (non-hydrogen) atoms. The van der Waals surface area contributed by atoms with E-state index in [2.05, 4.69) is 10.6 Å². The molecule has 0 saturated carbocycles. The van der Waals surface area contributed by atoms with Crippen LogP contribution in [0.25, 0.3) is 0 Å². The number of benzene rings is 1. The number of ether oxygens (including phenoxy) is 1. The van der Waals surface area contributed by atoms with Gasteiger partial charge in [-0.15, -0.1) is 0 Å². The molecule has 1 aromatic carbocycles. The van der Waals surface area contributed by atoms with E-state index in [-0.39, 0.29) is 30.4 Å². The zero-order valence-corrected chi connectivity index (χ0v) is 11.6. The Morgan fingerprint density at radius 2 is 2.16 bits per heavy atom. The first-order valence-corrected chi connectivity index (χ1v) is 6.30. The number of nitrogens with one attached hydrogen (secondary N) is 2. The zero-order chi connectivity index (χ0) is 14.3. The predicted molar refractivity (Wildman–Crippen MR) is 72.3 cm³/mol. The quantitative estimate of drug-likeness (QED) is 0.790. The average Bonchev–Trinajstić information content (AvgIpc) is 2.36. The molecule has 0 aliphatic rings. The molecule has 1 rings (SSSR count). The van der Waals surface area contributed by atoms with Crippen LogP contribution in [0.3, 0.4) is 0 Å². The Bertz CT molecular complexity index is 412. The summed E-state index contributed by atoms with van der Waals surface area (Å²) in [7, 11) is 1.59. The van der Waals surface area contributed by atoms with Gasteiger partial charge in [-0.2, -0.15) is 0 Å². The van der Waals surface area contributed by atoms with E-state index in [0.717, 1.165) is 5.56 Å². The van der Waals surface area contributed by atoms with Crippen molar-refractivity contribution in [3.8, 4) is 0 Å². The van der Waals surface area contributed by atoms with Crippen molar-refractivity contribution in [3.05, 3.63) is 35.6 Å². The van der Waals surface area contributed by atoms with Gasteiger partial charge in [0.2, 0.25) is 5.91 Å². The van der Waals surface area contributed by atoms with Crippen LogP contribution in [0, 0.1) is 5.82 Å². The van der Waals surface area contributed by atoms with E-state index < -0.39 is 0 Å². The van der Waals surface area contributed by atoms with Crippen LogP contribution in [0.15, 0.2) is 24.3 Å². The van der Waals surface area contributed by atoms with Gasteiger partial charge in [0.1, 0.15) is 5.82 Å². The van der Waals surface area contributed by atoms with Crippen LogP contribution in [0.2, 0.25) is 0 Å². The molecule has 0 fully saturated rings. The second kappa shape index (κ2) is 7.86. The maximum Gasteiger partial charge on any atom is 0.234 e. The molecular weight excluding hydrogens is 247 g/mol. The maximum absolute atomic E-state index is 13.1. The van der Waals surface area contributed by atoms with Crippen molar-refractivity contribution in [2.45, 2.75) is 25.9 Å². The highest BCUT2D eigenvalue weighted by atomic mass is 19.1. The number of rotatable bonds is 7. The van der Waals surface area contributed by atoms with Crippen molar-refractivity contribution in [2.24, 2.45) is 0 Å². The van der Waals surface area contributed by atoms with Gasteiger partial charge in [0.15, 0.2) is 0 Å². The molecule has 1 aromatic rings. The first-order chi connectivity index (χ1) is 9.02. The molecule has 4 nitrogen and oxygen atoms in total. The third-order valence-corrected chi connectivity index (χ3v) is 2.74. The van der Waals surface area contributed by atoms with Gasteiger partial charge < -0.3 is 15.4 Å². The second-order valence-electron chi connectivity index (χ2n) is 4.58. The summed E-state index contributed by atoms with van der Waals surface area (Å²) >= 11 is 0. The fourth-order valence-corrected chi connectivity index (χ4v) is 1.76. The molecule has 0 spiro atoms. The molecule has 2 unspecified atom stereocenters. The number of halogens is 1. The molecule has 106 valence electrons. The summed E-state index contributed by atoms with van der Waals surface area (Å²) in [5.74, 6) is -0.378. The molecule has 0 bridgehead atoms. The van der Waals surface area contributed by atoms with E-state index in [0.29, 0.717) is 6.61 Å². The normalized spacial score (nSPS) is 13.9. The summed E-state index contributed by atoms with van der Waals surface area (Å²) in [5.41, 5.74) is 0.817. The molecule has 2 N–H and O–H groups in total. The predicted octanol–water partition coefficient (Wildman–Crippen LogP) is 1.63. The first kappa shape index (κ1) is 15.6. The lowest BCUT2D eigenvalue weighted by molar-refractivity contribution is -0.121. The molecule has 5 heteroatoms. The molecule has 0 saturated heterocycles. The van der Waals surface area contributed by atoms with Crippen molar-refractivity contribution in [2.75, 3.05) is 20.3 Å². The number of hydrogen-bond donors (Lipinski definition) is 2. The highest BCUT2D eigenvalue weighted by Gasteiger charge is 2.10. The molecule has 2 atom stereocenters. The topological polar surface area (TPSA) is 50.4 Å². The maximum atomic E-state index is 13.1. The summed E-state index contributed by atoms with van der Waals surface area (Å²) in [6.07, 6.45) is 0. The lowest BCUT2D eigenvalue weighted by Gasteiger charge is -2.16. The molecule has 0 aliphatic carbocycles. The van der Waals surface area contributed by atoms with E-state index in [1.807, 2.05) is 19.9 Å². The van der Waals surface area contributed by atoms with Crippen LogP contribution in [0.1, 0.15) is 25.5 Å². The summed E-state index contributed by atoms with van der Waals surface area (Å²) in [6.45, 7) is 4.43. The molecule has 1 amide bonds. The van der Waals surface area contributed by atoms with Crippen molar-refractivity contribution < 1.29 is 13.9 Å². The van der Waals surface area contributed by atoms with Crippen molar-refractivity contribution in [3.63, 3.8) is 0 Å². The van der Waals surface area contributed by atoms with Crippen molar-refractivity contribution >= 4 is 5.91 Å². The van der Waals surface area contributed by atoms with E-state index in [9.17, 15) is 9.18 Å². The Morgan fingerprint density at radius 1 is 1.42 bits per heavy atom. The number of amides is 1. The Kier molecular flexibility index (Phi) is 6.45. The van der Waals surface area contributed by atoms with Crippen LogP contribution < -0.4 is 10.6 Å². The minimum absolute atomic E-state index is 0.0243. The zero-order valence-electron chi connectivity index (χ0n) is 11.6. The van der Waals surface area contributed by atoms with Gasteiger partial charge in [-0.3, -0.25) is 4.79 Å². The Hall–Kier alpha value is -1.46. The largest absolute Gasteiger partial charge is 0.383 e. The second-order valence-corrected chi connectivity index (χ2v) is 4.58. The average molecular weight is 268 g/mol. The molecular formula is C14H21FN2O2. The highest BCUT2D eigenvalue weighted by Crippen LogP contribution is 2.12. The van der Waals surface area contributed by atoms with Gasteiger partial charge in [-0.25, -0.2) is 4.39 Å². The fraction of sp³-hybridized carbons (Fsp3) is 0.500. The van der Waals surface area contributed by atoms with Crippen LogP contribution >= 0.6 is 0 Å². The standard InChI is InChI=1S/C14H21FN2O2/c1-10(9-19-3)17-14(18)8-16-11(2)12-5-4-6-13(15)7-12/h4-7,10-11,16H,8-9H2,1-3H3,(H,17,18). The minimum atomic E-state index is -0.274. The van der Waals surface area contributed by atoms with Crippen molar-refractivity contribution in [1.82, 2.24) is 10.6 Å². The summed E-state index contributed by atoms with van der Waals surface area (Å²) in [6, 6.07) is 6.23. The number of hydrogen-bond acceptors (Lipinski definition) is 3. The monoisotopic (exact) mass is 268 g/mol. The van der Waals surface area contributed by atoms with Gasteiger partial charge in [0, 0.05) is 19.2 Å². The van der Waals surface area contributed by atoms with E-state index in [4.69, 9.17) is 4.74 Å².